The van der Waals surface area contributed by atoms with Crippen LogP contribution in [0.5, 0.6) is 5.75 Å². The summed E-state index contributed by atoms with van der Waals surface area (Å²) in [5, 5.41) is 8.96. The van der Waals surface area contributed by atoms with Crippen molar-refractivity contribution in [3.63, 3.8) is 0 Å². The highest BCUT2D eigenvalue weighted by molar-refractivity contribution is 5.81. The van der Waals surface area contributed by atoms with Gasteiger partial charge in [0, 0.05) is 12.6 Å². The van der Waals surface area contributed by atoms with Gasteiger partial charge in [-0.15, -0.1) is 0 Å². The Balaban J connectivity index is 2.67. The molecule has 0 spiro atoms. The van der Waals surface area contributed by atoms with Crippen LogP contribution in [0, 0.1) is 5.82 Å². The topological polar surface area (TPSA) is 49.8 Å². The number of aliphatic hydroxyl groups excluding tert-OH is 1. The number of aliphatic hydroxyl groups is 1. The van der Waals surface area contributed by atoms with Gasteiger partial charge in [-0.2, -0.15) is 0 Å². The van der Waals surface area contributed by atoms with Gasteiger partial charge in [0.05, 0.1) is 6.61 Å². The predicted octanol–water partition coefficient (Wildman–Crippen LogP) is 1.82. The van der Waals surface area contributed by atoms with Gasteiger partial charge in [0.1, 0.15) is 11.6 Å². The van der Waals surface area contributed by atoms with E-state index < -0.39 is 6.10 Å². The van der Waals surface area contributed by atoms with Crippen LogP contribution in [0.25, 0.3) is 0 Å². The molecule has 0 saturated heterocycles. The minimum atomic E-state index is -0.681. The Kier molecular flexibility index (Phi) is 5.76. The van der Waals surface area contributed by atoms with Gasteiger partial charge in [0.15, 0.2) is 6.10 Å². The summed E-state index contributed by atoms with van der Waals surface area (Å²) in [6.07, 6.45) is -0.681. The zero-order valence-electron chi connectivity index (χ0n) is 11.5. The second-order valence-corrected chi connectivity index (χ2v) is 4.56. The fourth-order valence-electron chi connectivity index (χ4n) is 1.73. The molecule has 0 saturated carbocycles. The van der Waals surface area contributed by atoms with E-state index in [4.69, 9.17) is 9.84 Å². The minimum Gasteiger partial charge on any atom is -0.481 e. The van der Waals surface area contributed by atoms with Crippen LogP contribution < -0.4 is 4.74 Å². The summed E-state index contributed by atoms with van der Waals surface area (Å²) >= 11 is 0. The molecule has 1 aromatic carbocycles. The lowest BCUT2D eigenvalue weighted by molar-refractivity contribution is -0.140. The van der Waals surface area contributed by atoms with E-state index in [-0.39, 0.29) is 30.9 Å². The van der Waals surface area contributed by atoms with Crippen LogP contribution in [0.1, 0.15) is 20.8 Å². The first-order valence-electron chi connectivity index (χ1n) is 6.29. The number of amides is 1. The number of carbonyl (C=O) groups is 1. The van der Waals surface area contributed by atoms with Gasteiger partial charge in [0.2, 0.25) is 0 Å². The van der Waals surface area contributed by atoms with Gasteiger partial charge in [0.25, 0.3) is 5.91 Å². The second kappa shape index (κ2) is 7.09. The van der Waals surface area contributed by atoms with Crippen molar-refractivity contribution < 1.29 is 19.0 Å². The van der Waals surface area contributed by atoms with Gasteiger partial charge in [-0.3, -0.25) is 4.79 Å². The van der Waals surface area contributed by atoms with E-state index >= 15 is 0 Å². The summed E-state index contributed by atoms with van der Waals surface area (Å²) in [5.74, 6) is -0.112. The Hall–Kier alpha value is -1.62. The third kappa shape index (κ3) is 4.52. The molecule has 19 heavy (non-hydrogen) atoms. The third-order valence-corrected chi connectivity index (χ3v) is 2.72. The zero-order chi connectivity index (χ0) is 14.4. The first-order valence-corrected chi connectivity index (χ1v) is 6.29. The highest BCUT2D eigenvalue weighted by Gasteiger charge is 2.23. The lowest BCUT2D eigenvalue weighted by Gasteiger charge is -2.28. The quantitative estimate of drug-likeness (QED) is 0.857. The van der Waals surface area contributed by atoms with E-state index in [0.29, 0.717) is 5.75 Å². The monoisotopic (exact) mass is 269 g/mol. The molecule has 1 N–H and O–H groups in total. The molecule has 1 atom stereocenters. The molecule has 5 heteroatoms. The van der Waals surface area contributed by atoms with Gasteiger partial charge >= 0.3 is 0 Å². The summed E-state index contributed by atoms with van der Waals surface area (Å²) in [6.45, 7) is 5.57. The normalized spacial score (nSPS) is 12.3. The van der Waals surface area contributed by atoms with Crippen LogP contribution in [-0.2, 0) is 4.79 Å². The molecule has 1 rings (SSSR count). The van der Waals surface area contributed by atoms with Gasteiger partial charge in [-0.05, 0) is 45.0 Å². The average Bonchev–Trinajstić information content (AvgIpc) is 2.37. The number of rotatable bonds is 6. The summed E-state index contributed by atoms with van der Waals surface area (Å²) < 4.78 is 18.2. The predicted molar refractivity (Wildman–Crippen MR) is 70.4 cm³/mol. The number of benzene rings is 1. The van der Waals surface area contributed by atoms with Crippen LogP contribution in [0.3, 0.4) is 0 Å². The van der Waals surface area contributed by atoms with Crippen molar-refractivity contribution >= 4 is 5.91 Å². The van der Waals surface area contributed by atoms with Crippen LogP contribution in [0.2, 0.25) is 0 Å². The molecular weight excluding hydrogens is 249 g/mol. The Bertz CT molecular complexity index is 406. The van der Waals surface area contributed by atoms with Crippen molar-refractivity contribution in [1.82, 2.24) is 4.90 Å². The number of carbonyl (C=O) groups excluding carboxylic acids is 1. The van der Waals surface area contributed by atoms with E-state index in [1.54, 1.807) is 11.8 Å². The van der Waals surface area contributed by atoms with Gasteiger partial charge in [-0.25, -0.2) is 4.39 Å². The van der Waals surface area contributed by atoms with E-state index in [9.17, 15) is 9.18 Å². The van der Waals surface area contributed by atoms with E-state index in [1.807, 2.05) is 13.8 Å². The summed E-state index contributed by atoms with van der Waals surface area (Å²) in [6, 6.07) is 5.50. The number of halogens is 1. The molecule has 1 unspecified atom stereocenters. The van der Waals surface area contributed by atoms with E-state index in [0.717, 1.165) is 0 Å². The molecule has 0 bridgehead atoms. The second-order valence-electron chi connectivity index (χ2n) is 4.56. The molecule has 0 radical (unpaired) electrons. The zero-order valence-corrected chi connectivity index (χ0v) is 11.5. The maximum Gasteiger partial charge on any atom is 0.263 e. The number of ether oxygens (including phenoxy) is 1. The highest BCUT2D eigenvalue weighted by Crippen LogP contribution is 2.14. The van der Waals surface area contributed by atoms with Crippen LogP contribution in [-0.4, -0.2) is 41.2 Å². The maximum absolute atomic E-state index is 12.8. The number of hydrogen-bond acceptors (Lipinski definition) is 3. The third-order valence-electron chi connectivity index (χ3n) is 2.72. The Labute approximate surface area is 112 Å². The maximum atomic E-state index is 12.8. The van der Waals surface area contributed by atoms with Crippen LogP contribution in [0.15, 0.2) is 24.3 Å². The van der Waals surface area contributed by atoms with Crippen molar-refractivity contribution in [2.24, 2.45) is 0 Å². The number of nitrogens with zero attached hydrogens (tertiary/aromatic N) is 1. The largest absolute Gasteiger partial charge is 0.481 e. The molecule has 0 aliphatic heterocycles. The average molecular weight is 269 g/mol. The molecular formula is C14H20FNO3. The summed E-state index contributed by atoms with van der Waals surface area (Å²) in [5.41, 5.74) is 0. The SMILES string of the molecule is CC(Oc1ccc(F)cc1)C(=O)N(CCO)C(C)C. The molecule has 106 valence electrons. The van der Waals surface area contributed by atoms with E-state index in [2.05, 4.69) is 0 Å². The smallest absolute Gasteiger partial charge is 0.263 e. The standard InChI is InChI=1S/C14H20FNO3/c1-10(2)16(8-9-17)14(18)11(3)19-13-6-4-12(15)5-7-13/h4-7,10-11,17H,8-9H2,1-3H3. The molecule has 0 aromatic heterocycles. The molecule has 0 aliphatic carbocycles. The van der Waals surface area contributed by atoms with E-state index in [1.165, 1.54) is 24.3 Å². The lowest BCUT2D eigenvalue weighted by Crippen LogP contribution is -2.45. The highest BCUT2D eigenvalue weighted by atomic mass is 19.1. The minimum absolute atomic E-state index is 0.0149. The van der Waals surface area contributed by atoms with Crippen molar-refractivity contribution in [3.8, 4) is 5.75 Å². The Morgan fingerprint density at radius 3 is 2.37 bits per heavy atom. The molecule has 1 amide bonds. The first-order chi connectivity index (χ1) is 8.95. The van der Waals surface area contributed by atoms with Gasteiger partial charge < -0.3 is 14.7 Å². The van der Waals surface area contributed by atoms with Crippen molar-refractivity contribution in [2.45, 2.75) is 32.9 Å². The summed E-state index contributed by atoms with van der Waals surface area (Å²) in [7, 11) is 0. The van der Waals surface area contributed by atoms with Gasteiger partial charge in [-0.1, -0.05) is 0 Å². The molecule has 0 fully saturated rings. The van der Waals surface area contributed by atoms with Crippen LogP contribution >= 0.6 is 0 Å². The molecule has 0 heterocycles. The number of hydrogen-bond donors (Lipinski definition) is 1. The van der Waals surface area contributed by atoms with Crippen molar-refractivity contribution in [1.29, 1.82) is 0 Å². The first kappa shape index (κ1) is 15.4. The fraction of sp³-hybridized carbons (Fsp3) is 0.500. The lowest BCUT2D eigenvalue weighted by atomic mass is 10.2. The van der Waals surface area contributed by atoms with Crippen molar-refractivity contribution in [3.05, 3.63) is 30.1 Å². The Morgan fingerprint density at radius 1 is 1.32 bits per heavy atom. The summed E-state index contributed by atoms with van der Waals surface area (Å²) in [4.78, 5) is 13.7. The molecule has 0 aliphatic rings. The van der Waals surface area contributed by atoms with Crippen LogP contribution in [0.4, 0.5) is 4.39 Å². The van der Waals surface area contributed by atoms with Crippen molar-refractivity contribution in [2.75, 3.05) is 13.2 Å². The fourth-order valence-corrected chi connectivity index (χ4v) is 1.73. The molecule has 4 nitrogen and oxygen atoms in total. The molecule has 1 aromatic rings. The Morgan fingerprint density at radius 2 is 1.89 bits per heavy atom.